The van der Waals surface area contributed by atoms with E-state index < -0.39 is 15.8 Å². The van der Waals surface area contributed by atoms with Crippen LogP contribution in [0.1, 0.15) is 5.56 Å². The summed E-state index contributed by atoms with van der Waals surface area (Å²) in [6.07, 6.45) is 1.24. The van der Waals surface area contributed by atoms with E-state index in [0.717, 1.165) is 21.6 Å². The predicted octanol–water partition coefficient (Wildman–Crippen LogP) is 4.11. The van der Waals surface area contributed by atoms with Crippen molar-refractivity contribution >= 4 is 50.7 Å². The minimum absolute atomic E-state index is 0.0194. The molecule has 0 aliphatic carbocycles. The van der Waals surface area contributed by atoms with Gasteiger partial charge in [0.15, 0.2) is 5.16 Å². The second kappa shape index (κ2) is 8.10. The van der Waals surface area contributed by atoms with Gasteiger partial charge in [-0.1, -0.05) is 29.4 Å². The van der Waals surface area contributed by atoms with Gasteiger partial charge in [-0.25, -0.2) is 22.8 Å². The van der Waals surface area contributed by atoms with E-state index in [1.807, 2.05) is 0 Å². The predicted molar refractivity (Wildman–Crippen MR) is 119 cm³/mol. The van der Waals surface area contributed by atoms with Crippen LogP contribution in [0.5, 0.6) is 0 Å². The first kappa shape index (κ1) is 21.5. The molecule has 0 radical (unpaired) electrons. The smallest absolute Gasteiger partial charge is 0.267 e. The van der Waals surface area contributed by atoms with Gasteiger partial charge in [0.05, 0.1) is 23.3 Å². The summed E-state index contributed by atoms with van der Waals surface area (Å²) in [5.41, 5.74) is 2.38. The first-order valence-corrected chi connectivity index (χ1v) is 11.8. The summed E-state index contributed by atoms with van der Waals surface area (Å²) < 4.78 is 40.2. The Hall–Kier alpha value is -2.69. The highest BCUT2D eigenvalue weighted by Gasteiger charge is 2.34. The van der Waals surface area contributed by atoms with E-state index in [9.17, 15) is 17.6 Å². The number of halogens is 2. The van der Waals surface area contributed by atoms with E-state index in [1.54, 1.807) is 31.2 Å². The van der Waals surface area contributed by atoms with Gasteiger partial charge in [0.25, 0.3) is 10.0 Å². The molecule has 0 bridgehead atoms. The number of nitrogens with one attached hydrogen (secondary N) is 1. The molecule has 31 heavy (non-hydrogen) atoms. The molecule has 0 saturated heterocycles. The fourth-order valence-electron chi connectivity index (χ4n) is 3.09. The maximum Gasteiger partial charge on any atom is 0.267 e. The van der Waals surface area contributed by atoms with Crippen LogP contribution in [0.3, 0.4) is 0 Å². The third kappa shape index (κ3) is 4.10. The fourth-order valence-corrected chi connectivity index (χ4v) is 5.17. The Kier molecular flexibility index (Phi) is 5.63. The molecular weight excluding hydrogens is 463 g/mol. The Morgan fingerprint density at radius 2 is 2.03 bits per heavy atom. The molecule has 11 heteroatoms. The fraction of sp³-hybridized carbons (Fsp3) is 0.150. The average molecular weight is 479 g/mol. The van der Waals surface area contributed by atoms with Crippen LogP contribution in [-0.2, 0) is 14.8 Å². The number of hydrogen-bond donors (Lipinski definition) is 1. The topological polar surface area (TPSA) is 92.3 Å². The minimum Gasteiger partial charge on any atom is -0.325 e. The zero-order chi connectivity index (χ0) is 22.3. The quantitative estimate of drug-likeness (QED) is 0.448. The number of anilines is 2. The highest BCUT2D eigenvalue weighted by Crippen LogP contribution is 2.42. The first-order chi connectivity index (χ1) is 14.7. The Balaban J connectivity index is 1.59. The monoisotopic (exact) mass is 478 g/mol. The largest absolute Gasteiger partial charge is 0.325 e. The van der Waals surface area contributed by atoms with Crippen molar-refractivity contribution in [2.75, 3.05) is 22.4 Å². The van der Waals surface area contributed by atoms with Crippen molar-refractivity contribution in [1.82, 2.24) is 9.97 Å². The van der Waals surface area contributed by atoms with Gasteiger partial charge in [-0.3, -0.25) is 9.10 Å². The molecule has 0 fully saturated rings. The van der Waals surface area contributed by atoms with Crippen molar-refractivity contribution in [2.24, 2.45) is 0 Å². The maximum atomic E-state index is 13.4. The lowest BCUT2D eigenvalue weighted by Crippen LogP contribution is -2.31. The molecule has 1 aromatic heterocycles. The van der Waals surface area contributed by atoms with Gasteiger partial charge in [0, 0.05) is 23.3 Å². The lowest BCUT2D eigenvalue weighted by Gasteiger charge is -2.28. The molecule has 1 amide bonds. The maximum absolute atomic E-state index is 13.4. The van der Waals surface area contributed by atoms with Crippen LogP contribution in [0.25, 0.3) is 11.3 Å². The zero-order valence-corrected chi connectivity index (χ0v) is 18.8. The molecular formula is C20H16ClFN4O3S2. The van der Waals surface area contributed by atoms with Gasteiger partial charge in [0.1, 0.15) is 10.7 Å². The van der Waals surface area contributed by atoms with Crippen LogP contribution in [0.15, 0.2) is 52.6 Å². The number of carbonyl (C=O) groups excluding carboxylic acids is 1. The highest BCUT2D eigenvalue weighted by atomic mass is 35.5. The lowest BCUT2D eigenvalue weighted by molar-refractivity contribution is -0.113. The number of aryl methyl sites for hydroxylation is 1. The molecule has 7 nitrogen and oxygen atoms in total. The summed E-state index contributed by atoms with van der Waals surface area (Å²) >= 11 is 7.09. The lowest BCUT2D eigenvalue weighted by atomic mass is 10.1. The summed E-state index contributed by atoms with van der Waals surface area (Å²) in [6.45, 7) is 1.76. The number of carbonyl (C=O) groups is 1. The number of hydrogen-bond acceptors (Lipinski definition) is 6. The zero-order valence-electron chi connectivity index (χ0n) is 16.4. The minimum atomic E-state index is -3.82. The number of benzene rings is 2. The second-order valence-corrected chi connectivity index (χ2v) is 10.1. The molecule has 0 saturated carbocycles. The number of aromatic nitrogens is 2. The van der Waals surface area contributed by atoms with Crippen LogP contribution >= 0.6 is 23.4 Å². The molecule has 0 unspecified atom stereocenters. The van der Waals surface area contributed by atoms with Gasteiger partial charge in [-0.15, -0.1) is 0 Å². The van der Waals surface area contributed by atoms with Crippen molar-refractivity contribution in [3.63, 3.8) is 0 Å². The molecule has 4 rings (SSSR count). The van der Waals surface area contributed by atoms with Gasteiger partial charge in [0.2, 0.25) is 5.91 Å². The summed E-state index contributed by atoms with van der Waals surface area (Å²) in [4.78, 5) is 20.8. The molecule has 1 aliphatic heterocycles. The van der Waals surface area contributed by atoms with E-state index in [4.69, 9.17) is 11.6 Å². The molecule has 3 aromatic rings. The summed E-state index contributed by atoms with van der Waals surface area (Å²) in [6, 6.07) is 9.04. The van der Waals surface area contributed by atoms with E-state index in [0.29, 0.717) is 22.0 Å². The van der Waals surface area contributed by atoms with Gasteiger partial charge >= 0.3 is 0 Å². The third-order valence-electron chi connectivity index (χ3n) is 4.73. The van der Waals surface area contributed by atoms with Crippen LogP contribution in [0.2, 0.25) is 5.02 Å². The number of fused-ring (bicyclic) bond motifs is 3. The SMILES string of the molecule is Cc1ccc(F)cc1NC(=O)CSc1ncc2c(n1)-c1ccc(Cl)cc1N(C)S2(=O)=O. The highest BCUT2D eigenvalue weighted by molar-refractivity contribution is 7.99. The van der Waals surface area contributed by atoms with Crippen molar-refractivity contribution in [2.45, 2.75) is 17.0 Å². The normalized spacial score (nSPS) is 14.0. The van der Waals surface area contributed by atoms with Crippen LogP contribution in [0, 0.1) is 12.7 Å². The van der Waals surface area contributed by atoms with Crippen molar-refractivity contribution < 1.29 is 17.6 Å². The number of thioether (sulfide) groups is 1. The molecule has 1 N–H and O–H groups in total. The van der Waals surface area contributed by atoms with E-state index in [2.05, 4.69) is 15.3 Å². The number of nitrogens with zero attached hydrogens (tertiary/aromatic N) is 3. The third-order valence-corrected chi connectivity index (χ3v) is 7.60. The Labute approximate surface area is 187 Å². The van der Waals surface area contributed by atoms with E-state index in [-0.39, 0.29) is 27.4 Å². The summed E-state index contributed by atoms with van der Waals surface area (Å²) in [5.74, 6) is -0.842. The molecule has 160 valence electrons. The summed E-state index contributed by atoms with van der Waals surface area (Å²) in [7, 11) is -2.38. The summed E-state index contributed by atoms with van der Waals surface area (Å²) in [5, 5.41) is 3.29. The Morgan fingerprint density at radius 3 is 2.81 bits per heavy atom. The van der Waals surface area contributed by atoms with Crippen molar-refractivity contribution in [3.05, 3.63) is 59.0 Å². The molecule has 0 atom stereocenters. The number of rotatable bonds is 4. The molecule has 0 spiro atoms. The van der Waals surface area contributed by atoms with Crippen molar-refractivity contribution in [3.8, 4) is 11.3 Å². The molecule has 2 heterocycles. The van der Waals surface area contributed by atoms with Crippen LogP contribution < -0.4 is 9.62 Å². The van der Waals surface area contributed by atoms with Crippen molar-refractivity contribution in [1.29, 1.82) is 0 Å². The van der Waals surface area contributed by atoms with E-state index >= 15 is 0 Å². The average Bonchev–Trinajstić information content (AvgIpc) is 2.73. The second-order valence-electron chi connectivity index (χ2n) is 6.80. The number of amides is 1. The Bertz CT molecular complexity index is 1320. The van der Waals surface area contributed by atoms with Gasteiger partial charge in [-0.05, 0) is 42.8 Å². The van der Waals surface area contributed by atoms with Gasteiger partial charge < -0.3 is 5.32 Å². The number of sulfonamides is 1. The molecule has 2 aromatic carbocycles. The first-order valence-electron chi connectivity index (χ1n) is 9.01. The van der Waals surface area contributed by atoms with Gasteiger partial charge in [-0.2, -0.15) is 0 Å². The standard InChI is InChI=1S/C20H16ClFN4O3S2/c1-11-3-5-13(22)8-15(11)24-18(27)10-30-20-23-9-17-19(25-20)14-6-4-12(21)7-16(14)26(2)31(17,28)29/h3-9H,10H2,1-2H3,(H,24,27). The van der Waals surface area contributed by atoms with Crippen LogP contribution in [-0.4, -0.2) is 37.1 Å². The Morgan fingerprint density at radius 1 is 1.26 bits per heavy atom. The van der Waals surface area contributed by atoms with Crippen LogP contribution in [0.4, 0.5) is 15.8 Å². The molecule has 1 aliphatic rings. The van der Waals surface area contributed by atoms with E-state index in [1.165, 1.54) is 25.4 Å².